The van der Waals surface area contributed by atoms with Crippen molar-refractivity contribution in [2.75, 3.05) is 0 Å². The van der Waals surface area contributed by atoms with Crippen LogP contribution in [0.4, 0.5) is 4.39 Å². The molecule has 0 aliphatic carbocycles. The predicted octanol–water partition coefficient (Wildman–Crippen LogP) is 2.31. The molecule has 6 nitrogen and oxygen atoms in total. The zero-order chi connectivity index (χ0) is 15.9. The Kier molecular flexibility index (Phi) is 3.67. The van der Waals surface area contributed by atoms with E-state index in [2.05, 4.69) is 15.2 Å². The fourth-order valence-electron chi connectivity index (χ4n) is 2.27. The van der Waals surface area contributed by atoms with Gasteiger partial charge in [-0.25, -0.2) is 13.9 Å². The van der Waals surface area contributed by atoms with Gasteiger partial charge >= 0.3 is 0 Å². The van der Waals surface area contributed by atoms with E-state index < -0.39 is 17.4 Å². The highest BCUT2D eigenvalue weighted by atomic mass is 35.5. The highest BCUT2D eigenvalue weighted by Crippen LogP contribution is 2.24. The van der Waals surface area contributed by atoms with E-state index in [4.69, 9.17) is 17.3 Å². The first-order valence-corrected chi connectivity index (χ1v) is 7.07. The molecule has 3 aromatic rings. The van der Waals surface area contributed by atoms with Crippen LogP contribution in [0.5, 0.6) is 0 Å². The van der Waals surface area contributed by atoms with Crippen molar-refractivity contribution in [2.24, 2.45) is 5.73 Å². The van der Waals surface area contributed by atoms with E-state index >= 15 is 0 Å². The molecular weight excluding hydrogens is 309 g/mol. The summed E-state index contributed by atoms with van der Waals surface area (Å²) >= 11 is 6.02. The van der Waals surface area contributed by atoms with Gasteiger partial charge < -0.3 is 5.73 Å². The van der Waals surface area contributed by atoms with Gasteiger partial charge in [-0.1, -0.05) is 18.5 Å². The van der Waals surface area contributed by atoms with Crippen molar-refractivity contribution in [3.8, 4) is 5.82 Å². The van der Waals surface area contributed by atoms with Crippen molar-refractivity contribution in [3.05, 3.63) is 51.4 Å². The van der Waals surface area contributed by atoms with Gasteiger partial charge in [-0.2, -0.15) is 5.10 Å². The monoisotopic (exact) mass is 321 g/mol. The lowest BCUT2D eigenvalue weighted by atomic mass is 10.2. The van der Waals surface area contributed by atoms with E-state index in [0.29, 0.717) is 18.1 Å². The van der Waals surface area contributed by atoms with E-state index in [1.54, 1.807) is 6.07 Å². The molecule has 1 aromatic carbocycles. The maximum atomic E-state index is 13.6. The minimum Gasteiger partial charge on any atom is -0.321 e. The largest absolute Gasteiger partial charge is 0.321 e. The molecule has 3 N–H and O–H groups in total. The maximum absolute atomic E-state index is 13.6. The molecule has 0 aliphatic heterocycles. The van der Waals surface area contributed by atoms with Crippen molar-refractivity contribution in [1.29, 1.82) is 0 Å². The number of halogens is 2. The molecule has 0 spiro atoms. The average Bonchev–Trinajstić information content (AvgIpc) is 3.01. The van der Waals surface area contributed by atoms with Gasteiger partial charge in [-0.3, -0.25) is 9.89 Å². The number of hydrogen-bond donors (Lipinski definition) is 2. The Hall–Kier alpha value is -2.25. The summed E-state index contributed by atoms with van der Waals surface area (Å²) in [5.74, 6) is 0.163. The molecule has 0 saturated heterocycles. The van der Waals surface area contributed by atoms with E-state index in [9.17, 15) is 9.18 Å². The molecule has 1 atom stereocenters. The summed E-state index contributed by atoms with van der Waals surface area (Å²) in [6.07, 6.45) is 2.08. The number of aromatic amines is 1. The molecule has 114 valence electrons. The minimum atomic E-state index is -0.597. The molecule has 0 saturated carbocycles. The number of nitrogens with one attached hydrogen (secondary N) is 1. The van der Waals surface area contributed by atoms with Crippen molar-refractivity contribution in [2.45, 2.75) is 19.4 Å². The molecule has 0 aliphatic rings. The van der Waals surface area contributed by atoms with Gasteiger partial charge in [0, 0.05) is 6.07 Å². The summed E-state index contributed by atoms with van der Waals surface area (Å²) in [7, 11) is 0. The topological polar surface area (TPSA) is 89.6 Å². The third kappa shape index (κ3) is 2.28. The molecular formula is C14H13ClFN5O. The second kappa shape index (κ2) is 5.51. The molecule has 1 unspecified atom stereocenters. The van der Waals surface area contributed by atoms with Crippen LogP contribution < -0.4 is 11.3 Å². The van der Waals surface area contributed by atoms with Gasteiger partial charge in [0.1, 0.15) is 17.5 Å². The summed E-state index contributed by atoms with van der Waals surface area (Å²) in [6, 6.07) is 3.38. The highest BCUT2D eigenvalue weighted by molar-refractivity contribution is 6.35. The van der Waals surface area contributed by atoms with Crippen LogP contribution >= 0.6 is 11.6 Å². The minimum absolute atomic E-state index is 0.0772. The van der Waals surface area contributed by atoms with Crippen LogP contribution in [0.2, 0.25) is 5.02 Å². The fourth-order valence-corrected chi connectivity index (χ4v) is 2.52. The summed E-state index contributed by atoms with van der Waals surface area (Å²) in [4.78, 5) is 17.2. The molecule has 3 rings (SSSR count). The number of rotatable bonds is 3. The Morgan fingerprint density at radius 2 is 2.27 bits per heavy atom. The Morgan fingerprint density at radius 3 is 2.91 bits per heavy atom. The number of aromatic nitrogens is 4. The van der Waals surface area contributed by atoms with Gasteiger partial charge in [-0.05, 0) is 18.6 Å². The zero-order valence-electron chi connectivity index (χ0n) is 11.7. The van der Waals surface area contributed by atoms with Crippen molar-refractivity contribution < 1.29 is 4.39 Å². The smallest absolute Gasteiger partial charge is 0.267 e. The summed E-state index contributed by atoms with van der Waals surface area (Å²) in [6.45, 7) is 1.88. The quantitative estimate of drug-likeness (QED) is 0.774. The van der Waals surface area contributed by atoms with Crippen LogP contribution in [-0.2, 0) is 0 Å². The number of nitrogens with zero attached hydrogens (tertiary/aromatic N) is 3. The maximum Gasteiger partial charge on any atom is 0.267 e. The standard InChI is InChI=1S/C14H13ClFN5O/c1-2-10(17)13-19-12-8(5-7(16)6-9(12)15)14(22)21(13)11-3-4-18-20-11/h3-6,10H,2,17H2,1H3,(H,18,20). The number of benzene rings is 1. The third-order valence-electron chi connectivity index (χ3n) is 3.42. The molecule has 0 radical (unpaired) electrons. The van der Waals surface area contributed by atoms with Gasteiger partial charge in [-0.15, -0.1) is 0 Å². The molecule has 22 heavy (non-hydrogen) atoms. The predicted molar refractivity (Wildman–Crippen MR) is 81.7 cm³/mol. The first-order chi connectivity index (χ1) is 10.5. The number of H-pyrrole nitrogens is 1. The fraction of sp³-hybridized carbons (Fsp3) is 0.214. The molecule has 0 amide bonds. The number of nitrogens with two attached hydrogens (primary N) is 1. The van der Waals surface area contributed by atoms with Crippen LogP contribution in [0, 0.1) is 5.82 Å². The van der Waals surface area contributed by atoms with E-state index in [1.807, 2.05) is 6.92 Å². The summed E-state index contributed by atoms with van der Waals surface area (Å²) < 4.78 is 14.9. The zero-order valence-corrected chi connectivity index (χ0v) is 12.4. The number of fused-ring (bicyclic) bond motifs is 1. The van der Waals surface area contributed by atoms with Crippen LogP contribution in [0.15, 0.2) is 29.2 Å². The lowest BCUT2D eigenvalue weighted by Gasteiger charge is -2.16. The highest BCUT2D eigenvalue weighted by Gasteiger charge is 2.19. The summed E-state index contributed by atoms with van der Waals surface area (Å²) in [5.41, 5.74) is 5.86. The second-order valence-electron chi connectivity index (χ2n) is 4.85. The van der Waals surface area contributed by atoms with E-state index in [1.165, 1.54) is 10.8 Å². The van der Waals surface area contributed by atoms with Gasteiger partial charge in [0.2, 0.25) is 0 Å². The number of hydrogen-bond acceptors (Lipinski definition) is 4. The van der Waals surface area contributed by atoms with Gasteiger partial charge in [0.25, 0.3) is 5.56 Å². The van der Waals surface area contributed by atoms with Crippen molar-refractivity contribution in [1.82, 2.24) is 19.7 Å². The SMILES string of the molecule is CCC(N)c1nc2c(Cl)cc(F)cc2c(=O)n1-c1ccn[nH]1. The summed E-state index contributed by atoms with van der Waals surface area (Å²) in [5, 5.41) is 6.69. The lowest BCUT2D eigenvalue weighted by molar-refractivity contribution is 0.615. The van der Waals surface area contributed by atoms with Gasteiger partial charge in [0.15, 0.2) is 0 Å². The van der Waals surface area contributed by atoms with Crippen LogP contribution in [0.3, 0.4) is 0 Å². The van der Waals surface area contributed by atoms with Crippen LogP contribution in [-0.4, -0.2) is 19.7 Å². The Balaban J connectivity index is 2.46. The molecule has 0 fully saturated rings. The normalized spacial score (nSPS) is 12.7. The van der Waals surface area contributed by atoms with Crippen molar-refractivity contribution in [3.63, 3.8) is 0 Å². The van der Waals surface area contributed by atoms with E-state index in [0.717, 1.165) is 12.1 Å². The lowest BCUT2D eigenvalue weighted by Crippen LogP contribution is -2.28. The van der Waals surface area contributed by atoms with Crippen molar-refractivity contribution >= 4 is 22.5 Å². The third-order valence-corrected chi connectivity index (χ3v) is 3.70. The first-order valence-electron chi connectivity index (χ1n) is 6.70. The molecule has 0 bridgehead atoms. The molecule has 8 heteroatoms. The second-order valence-corrected chi connectivity index (χ2v) is 5.26. The average molecular weight is 322 g/mol. The van der Waals surface area contributed by atoms with Crippen LogP contribution in [0.1, 0.15) is 25.2 Å². The Morgan fingerprint density at radius 1 is 1.50 bits per heavy atom. The Bertz CT molecular complexity index is 890. The first kappa shape index (κ1) is 14.7. The molecule has 2 aromatic heterocycles. The van der Waals surface area contributed by atoms with Crippen LogP contribution in [0.25, 0.3) is 16.7 Å². The van der Waals surface area contributed by atoms with E-state index in [-0.39, 0.29) is 15.9 Å². The molecule has 2 heterocycles. The Labute approximate surface area is 129 Å². The van der Waals surface area contributed by atoms with Gasteiger partial charge in [0.05, 0.1) is 28.2 Å².